The molecule has 0 radical (unpaired) electrons. The number of nitrogens with one attached hydrogen (secondary N) is 1. The lowest BCUT2D eigenvalue weighted by Crippen LogP contribution is -2.40. The van der Waals surface area contributed by atoms with E-state index in [1.165, 1.54) is 15.7 Å². The lowest BCUT2D eigenvalue weighted by atomic mass is 10.0. The van der Waals surface area contributed by atoms with E-state index in [1.54, 1.807) is 30.3 Å². The maximum absolute atomic E-state index is 12.6. The molecular weight excluding hydrogens is 362 g/mol. The third-order valence-corrected chi connectivity index (χ3v) is 6.57. The summed E-state index contributed by atoms with van der Waals surface area (Å²) in [5, 5.41) is 4.70. The number of rotatable bonds is 4. The Labute approximate surface area is 158 Å². The quantitative estimate of drug-likeness (QED) is 0.756. The number of para-hydroxylation sites is 2. The number of fused-ring (bicyclic) bond motifs is 2. The number of benzene rings is 3. The van der Waals surface area contributed by atoms with Crippen molar-refractivity contribution < 1.29 is 13.2 Å². The molecule has 1 aliphatic heterocycles. The van der Waals surface area contributed by atoms with Gasteiger partial charge in [0.15, 0.2) is 0 Å². The fourth-order valence-corrected chi connectivity index (χ4v) is 4.79. The zero-order valence-corrected chi connectivity index (χ0v) is 15.6. The average molecular weight is 381 g/mol. The van der Waals surface area contributed by atoms with Crippen molar-refractivity contribution in [3.63, 3.8) is 0 Å². The van der Waals surface area contributed by atoms with Crippen molar-refractivity contribution in [3.05, 3.63) is 72.3 Å². The molecule has 0 spiro atoms. The number of carbonyl (C=O) groups is 1. The van der Waals surface area contributed by atoms with Crippen LogP contribution in [0.3, 0.4) is 0 Å². The normalized spacial score (nSPS) is 15.0. The number of anilines is 2. The van der Waals surface area contributed by atoms with Crippen molar-refractivity contribution in [3.8, 4) is 0 Å². The SMILES string of the molecule is CN1c2ccccc2N(CCNC(=O)c2cccc3ccccc23)S1(=O)=O. The van der Waals surface area contributed by atoms with Gasteiger partial charge in [-0.2, -0.15) is 8.42 Å². The van der Waals surface area contributed by atoms with E-state index >= 15 is 0 Å². The predicted molar refractivity (Wildman–Crippen MR) is 107 cm³/mol. The minimum absolute atomic E-state index is 0.167. The van der Waals surface area contributed by atoms with Crippen molar-refractivity contribution in [2.45, 2.75) is 0 Å². The first-order chi connectivity index (χ1) is 13.0. The van der Waals surface area contributed by atoms with Crippen molar-refractivity contribution in [2.24, 2.45) is 0 Å². The van der Waals surface area contributed by atoms with Crippen LogP contribution in [0, 0.1) is 0 Å². The second kappa shape index (κ2) is 6.59. The van der Waals surface area contributed by atoms with Gasteiger partial charge in [-0.15, -0.1) is 0 Å². The molecule has 0 fully saturated rings. The van der Waals surface area contributed by atoms with E-state index in [0.717, 1.165) is 10.8 Å². The number of carbonyl (C=O) groups excluding carboxylic acids is 1. The van der Waals surface area contributed by atoms with Gasteiger partial charge in [0.2, 0.25) is 0 Å². The summed E-state index contributed by atoms with van der Waals surface area (Å²) >= 11 is 0. The third kappa shape index (κ3) is 2.90. The Kier molecular flexibility index (Phi) is 4.24. The van der Waals surface area contributed by atoms with E-state index in [0.29, 0.717) is 16.9 Å². The van der Waals surface area contributed by atoms with Crippen LogP contribution in [0.2, 0.25) is 0 Å². The molecule has 3 aromatic carbocycles. The third-order valence-electron chi connectivity index (χ3n) is 4.75. The van der Waals surface area contributed by atoms with Crippen LogP contribution in [0.25, 0.3) is 10.8 Å². The highest BCUT2D eigenvalue weighted by Crippen LogP contribution is 2.38. The summed E-state index contributed by atoms with van der Waals surface area (Å²) < 4.78 is 27.8. The standard InChI is InChI=1S/C20H19N3O3S/c1-22-18-11-4-5-12-19(18)23(27(22,25)26)14-13-21-20(24)17-10-6-8-15-7-2-3-9-16(15)17/h2-12H,13-14H2,1H3,(H,21,24). The van der Waals surface area contributed by atoms with Crippen LogP contribution in [0.1, 0.15) is 10.4 Å². The molecule has 0 saturated carbocycles. The summed E-state index contributed by atoms with van der Waals surface area (Å²) in [6.07, 6.45) is 0. The molecule has 1 aliphatic rings. The van der Waals surface area contributed by atoms with Gasteiger partial charge in [-0.3, -0.25) is 9.10 Å². The Bertz CT molecular complexity index is 1120. The highest BCUT2D eigenvalue weighted by atomic mass is 32.2. The first-order valence-electron chi connectivity index (χ1n) is 8.62. The topological polar surface area (TPSA) is 69.7 Å². The molecule has 0 bridgehead atoms. The molecule has 7 heteroatoms. The molecule has 1 heterocycles. The molecule has 0 aliphatic carbocycles. The van der Waals surface area contributed by atoms with Gasteiger partial charge in [0.05, 0.1) is 17.9 Å². The zero-order chi connectivity index (χ0) is 19.0. The molecule has 1 N–H and O–H groups in total. The summed E-state index contributed by atoms with van der Waals surface area (Å²) in [6.45, 7) is 0.379. The lowest BCUT2D eigenvalue weighted by Gasteiger charge is -2.19. The first kappa shape index (κ1) is 17.4. The average Bonchev–Trinajstić information content (AvgIpc) is 2.88. The Hall–Kier alpha value is -3.06. The maximum atomic E-state index is 12.6. The molecule has 0 aromatic heterocycles. The number of hydrogen-bond donors (Lipinski definition) is 1. The second-order valence-corrected chi connectivity index (χ2v) is 8.20. The summed E-state index contributed by atoms with van der Waals surface area (Å²) in [6, 6.07) is 20.4. The first-order valence-corrected chi connectivity index (χ1v) is 10.0. The summed E-state index contributed by atoms with van der Waals surface area (Å²) in [5.41, 5.74) is 1.84. The van der Waals surface area contributed by atoms with E-state index in [4.69, 9.17) is 0 Å². The molecular formula is C20H19N3O3S. The van der Waals surface area contributed by atoms with E-state index in [1.807, 2.05) is 36.4 Å². The molecule has 138 valence electrons. The van der Waals surface area contributed by atoms with Gasteiger partial charge in [0, 0.05) is 19.2 Å². The van der Waals surface area contributed by atoms with Crippen molar-refractivity contribution >= 4 is 38.3 Å². The Morgan fingerprint density at radius 2 is 1.59 bits per heavy atom. The Morgan fingerprint density at radius 3 is 2.41 bits per heavy atom. The fourth-order valence-electron chi connectivity index (χ4n) is 3.36. The second-order valence-electron chi connectivity index (χ2n) is 6.32. The van der Waals surface area contributed by atoms with E-state index in [9.17, 15) is 13.2 Å². The van der Waals surface area contributed by atoms with Gasteiger partial charge in [0.25, 0.3) is 5.91 Å². The molecule has 3 aromatic rings. The number of nitrogens with zero attached hydrogens (tertiary/aromatic N) is 2. The van der Waals surface area contributed by atoms with Crippen molar-refractivity contribution in [1.29, 1.82) is 0 Å². The monoisotopic (exact) mass is 381 g/mol. The fraction of sp³-hybridized carbons (Fsp3) is 0.150. The smallest absolute Gasteiger partial charge is 0.326 e. The van der Waals surface area contributed by atoms with Gasteiger partial charge in [0.1, 0.15) is 0 Å². The van der Waals surface area contributed by atoms with Crippen LogP contribution < -0.4 is 13.9 Å². The van der Waals surface area contributed by atoms with Crippen LogP contribution in [0.4, 0.5) is 11.4 Å². The summed E-state index contributed by atoms with van der Waals surface area (Å²) in [5.74, 6) is -0.218. The van der Waals surface area contributed by atoms with Crippen molar-refractivity contribution in [2.75, 3.05) is 28.7 Å². The molecule has 4 rings (SSSR count). The van der Waals surface area contributed by atoms with Gasteiger partial charge in [-0.25, -0.2) is 4.31 Å². The summed E-state index contributed by atoms with van der Waals surface area (Å²) in [4.78, 5) is 12.6. The van der Waals surface area contributed by atoms with E-state index < -0.39 is 10.2 Å². The minimum Gasteiger partial charge on any atom is -0.350 e. The molecule has 27 heavy (non-hydrogen) atoms. The number of amides is 1. The van der Waals surface area contributed by atoms with Crippen LogP contribution in [-0.4, -0.2) is 34.5 Å². The largest absolute Gasteiger partial charge is 0.350 e. The molecule has 0 atom stereocenters. The Balaban J connectivity index is 1.51. The van der Waals surface area contributed by atoms with E-state index in [2.05, 4.69) is 5.32 Å². The van der Waals surface area contributed by atoms with Crippen molar-refractivity contribution in [1.82, 2.24) is 5.32 Å². The maximum Gasteiger partial charge on any atom is 0.326 e. The van der Waals surface area contributed by atoms with Crippen LogP contribution in [0.5, 0.6) is 0 Å². The van der Waals surface area contributed by atoms with Gasteiger partial charge >= 0.3 is 10.2 Å². The minimum atomic E-state index is -3.61. The highest BCUT2D eigenvalue weighted by molar-refractivity contribution is 7.94. The van der Waals surface area contributed by atoms with Gasteiger partial charge in [-0.1, -0.05) is 48.5 Å². The Morgan fingerprint density at radius 1 is 0.926 bits per heavy atom. The molecule has 6 nitrogen and oxygen atoms in total. The highest BCUT2D eigenvalue weighted by Gasteiger charge is 2.37. The predicted octanol–water partition coefficient (Wildman–Crippen LogP) is 2.77. The molecule has 0 unspecified atom stereocenters. The van der Waals surface area contributed by atoms with Gasteiger partial charge in [-0.05, 0) is 29.0 Å². The zero-order valence-electron chi connectivity index (χ0n) is 14.8. The van der Waals surface area contributed by atoms with Crippen LogP contribution >= 0.6 is 0 Å². The molecule has 0 saturated heterocycles. The number of hydrogen-bond acceptors (Lipinski definition) is 3. The molecule has 1 amide bonds. The van der Waals surface area contributed by atoms with Crippen LogP contribution in [0.15, 0.2) is 66.7 Å². The summed E-state index contributed by atoms with van der Waals surface area (Å²) in [7, 11) is -2.08. The lowest BCUT2D eigenvalue weighted by molar-refractivity contribution is 0.0956. The van der Waals surface area contributed by atoms with Crippen LogP contribution in [-0.2, 0) is 10.2 Å². The van der Waals surface area contributed by atoms with E-state index in [-0.39, 0.29) is 19.0 Å². The van der Waals surface area contributed by atoms with Gasteiger partial charge < -0.3 is 5.32 Å².